The van der Waals surface area contributed by atoms with Crippen LogP contribution in [0.25, 0.3) is 0 Å². The SMILES string of the molecule is CC(Nc1ccccc1C(=O)O)C(N)=O. The number of hydrogen-bond donors (Lipinski definition) is 3. The average molecular weight is 208 g/mol. The molecule has 5 nitrogen and oxygen atoms in total. The Bertz CT molecular complexity index is 390. The van der Waals surface area contributed by atoms with E-state index in [-0.39, 0.29) is 5.56 Å². The van der Waals surface area contributed by atoms with Gasteiger partial charge in [0.25, 0.3) is 0 Å². The zero-order chi connectivity index (χ0) is 11.4. The first-order valence-corrected chi connectivity index (χ1v) is 4.40. The Hall–Kier alpha value is -2.04. The third-order valence-corrected chi connectivity index (χ3v) is 1.96. The molecule has 1 atom stereocenters. The summed E-state index contributed by atoms with van der Waals surface area (Å²) in [5.74, 6) is -1.58. The summed E-state index contributed by atoms with van der Waals surface area (Å²) in [7, 11) is 0. The van der Waals surface area contributed by atoms with Crippen LogP contribution in [0.1, 0.15) is 17.3 Å². The highest BCUT2D eigenvalue weighted by molar-refractivity contribution is 5.95. The van der Waals surface area contributed by atoms with Crippen molar-refractivity contribution in [3.05, 3.63) is 29.8 Å². The third-order valence-electron chi connectivity index (χ3n) is 1.96. The molecule has 0 saturated heterocycles. The van der Waals surface area contributed by atoms with E-state index in [9.17, 15) is 9.59 Å². The molecule has 1 unspecified atom stereocenters. The molecule has 0 bridgehead atoms. The molecule has 80 valence electrons. The second-order valence-electron chi connectivity index (χ2n) is 3.12. The first-order valence-electron chi connectivity index (χ1n) is 4.40. The summed E-state index contributed by atoms with van der Waals surface area (Å²) in [6.07, 6.45) is 0. The van der Waals surface area contributed by atoms with Crippen LogP contribution >= 0.6 is 0 Å². The van der Waals surface area contributed by atoms with Crippen LogP contribution in [-0.4, -0.2) is 23.0 Å². The molecular formula is C10H12N2O3. The molecular weight excluding hydrogens is 196 g/mol. The van der Waals surface area contributed by atoms with Gasteiger partial charge in [0, 0.05) is 5.69 Å². The van der Waals surface area contributed by atoms with Crippen LogP contribution in [0.2, 0.25) is 0 Å². The van der Waals surface area contributed by atoms with E-state index in [0.717, 1.165) is 0 Å². The van der Waals surface area contributed by atoms with Gasteiger partial charge in [0.1, 0.15) is 6.04 Å². The third kappa shape index (κ3) is 2.70. The van der Waals surface area contributed by atoms with Gasteiger partial charge < -0.3 is 16.2 Å². The van der Waals surface area contributed by atoms with Crippen molar-refractivity contribution in [3.8, 4) is 0 Å². The maximum atomic E-state index is 10.8. The van der Waals surface area contributed by atoms with Crippen LogP contribution in [0.3, 0.4) is 0 Å². The number of primary amides is 1. The van der Waals surface area contributed by atoms with Gasteiger partial charge in [-0.25, -0.2) is 4.79 Å². The van der Waals surface area contributed by atoms with E-state index in [1.54, 1.807) is 25.1 Å². The molecule has 0 spiro atoms. The van der Waals surface area contributed by atoms with Crippen LogP contribution in [0, 0.1) is 0 Å². The average Bonchev–Trinajstić information content (AvgIpc) is 2.18. The molecule has 4 N–H and O–H groups in total. The number of benzene rings is 1. The lowest BCUT2D eigenvalue weighted by molar-refractivity contribution is -0.118. The van der Waals surface area contributed by atoms with Gasteiger partial charge in [0.2, 0.25) is 5.91 Å². The largest absolute Gasteiger partial charge is 0.478 e. The van der Waals surface area contributed by atoms with E-state index in [1.165, 1.54) is 6.07 Å². The van der Waals surface area contributed by atoms with Gasteiger partial charge in [0.05, 0.1) is 5.56 Å². The molecule has 15 heavy (non-hydrogen) atoms. The van der Waals surface area contributed by atoms with E-state index in [2.05, 4.69) is 5.32 Å². The summed E-state index contributed by atoms with van der Waals surface area (Å²) in [4.78, 5) is 21.6. The number of anilines is 1. The van der Waals surface area contributed by atoms with Crippen LogP contribution in [-0.2, 0) is 4.79 Å². The van der Waals surface area contributed by atoms with Crippen molar-refractivity contribution in [2.24, 2.45) is 5.73 Å². The van der Waals surface area contributed by atoms with Crippen molar-refractivity contribution >= 4 is 17.6 Å². The highest BCUT2D eigenvalue weighted by Crippen LogP contribution is 2.15. The Morgan fingerprint density at radius 2 is 2.00 bits per heavy atom. The number of para-hydroxylation sites is 1. The van der Waals surface area contributed by atoms with Crippen molar-refractivity contribution in [1.82, 2.24) is 0 Å². The molecule has 1 rings (SSSR count). The number of nitrogens with one attached hydrogen (secondary N) is 1. The van der Waals surface area contributed by atoms with Crippen molar-refractivity contribution < 1.29 is 14.7 Å². The maximum Gasteiger partial charge on any atom is 0.337 e. The van der Waals surface area contributed by atoms with E-state index in [4.69, 9.17) is 10.8 Å². The normalized spacial score (nSPS) is 11.8. The summed E-state index contributed by atoms with van der Waals surface area (Å²) in [6.45, 7) is 1.57. The fourth-order valence-corrected chi connectivity index (χ4v) is 1.10. The van der Waals surface area contributed by atoms with Gasteiger partial charge in [0.15, 0.2) is 0 Å². The zero-order valence-electron chi connectivity index (χ0n) is 8.23. The molecule has 0 aliphatic carbocycles. The Balaban J connectivity index is 2.94. The van der Waals surface area contributed by atoms with Gasteiger partial charge >= 0.3 is 5.97 Å². The smallest absolute Gasteiger partial charge is 0.337 e. The lowest BCUT2D eigenvalue weighted by atomic mass is 10.1. The summed E-state index contributed by atoms with van der Waals surface area (Å²) in [5, 5.41) is 11.6. The molecule has 0 aromatic heterocycles. The highest BCUT2D eigenvalue weighted by atomic mass is 16.4. The van der Waals surface area contributed by atoms with E-state index in [0.29, 0.717) is 5.69 Å². The number of carboxylic acids is 1. The minimum atomic E-state index is -1.05. The Kier molecular flexibility index (Phi) is 3.28. The van der Waals surface area contributed by atoms with Crippen LogP contribution in [0.15, 0.2) is 24.3 Å². The standard InChI is InChI=1S/C10H12N2O3/c1-6(9(11)13)12-8-5-3-2-4-7(8)10(14)15/h2-6,12H,1H3,(H2,11,13)(H,14,15). The molecule has 0 aliphatic heterocycles. The first kappa shape index (κ1) is 11.0. The molecule has 1 amide bonds. The molecule has 0 heterocycles. The van der Waals surface area contributed by atoms with Crippen LogP contribution in [0.5, 0.6) is 0 Å². The minimum Gasteiger partial charge on any atom is -0.478 e. The number of rotatable bonds is 4. The van der Waals surface area contributed by atoms with E-state index >= 15 is 0 Å². The zero-order valence-corrected chi connectivity index (χ0v) is 8.23. The highest BCUT2D eigenvalue weighted by Gasteiger charge is 2.13. The lowest BCUT2D eigenvalue weighted by Crippen LogP contribution is -2.32. The number of carboxylic acid groups (broad SMARTS) is 1. The van der Waals surface area contributed by atoms with Crippen LogP contribution < -0.4 is 11.1 Å². The Morgan fingerprint density at radius 3 is 2.53 bits per heavy atom. The predicted octanol–water partition coefficient (Wildman–Crippen LogP) is 0.670. The fraction of sp³-hybridized carbons (Fsp3) is 0.200. The maximum absolute atomic E-state index is 10.8. The number of amides is 1. The van der Waals surface area contributed by atoms with Crippen molar-refractivity contribution in [2.45, 2.75) is 13.0 Å². The van der Waals surface area contributed by atoms with Gasteiger partial charge in [-0.2, -0.15) is 0 Å². The summed E-state index contributed by atoms with van der Waals surface area (Å²) in [5.41, 5.74) is 5.56. The van der Waals surface area contributed by atoms with Gasteiger partial charge in [-0.1, -0.05) is 12.1 Å². The number of hydrogen-bond acceptors (Lipinski definition) is 3. The Morgan fingerprint density at radius 1 is 1.40 bits per heavy atom. The number of carbonyl (C=O) groups is 2. The van der Waals surface area contributed by atoms with Gasteiger partial charge in [-0.05, 0) is 19.1 Å². The molecule has 5 heteroatoms. The second kappa shape index (κ2) is 4.45. The van der Waals surface area contributed by atoms with Gasteiger partial charge in [-0.3, -0.25) is 4.79 Å². The van der Waals surface area contributed by atoms with Gasteiger partial charge in [-0.15, -0.1) is 0 Å². The summed E-state index contributed by atoms with van der Waals surface area (Å²) < 4.78 is 0. The Labute approximate surface area is 86.9 Å². The van der Waals surface area contributed by atoms with Crippen molar-refractivity contribution in [3.63, 3.8) is 0 Å². The monoisotopic (exact) mass is 208 g/mol. The lowest BCUT2D eigenvalue weighted by Gasteiger charge is -2.13. The van der Waals surface area contributed by atoms with Crippen LogP contribution in [0.4, 0.5) is 5.69 Å². The summed E-state index contributed by atoms with van der Waals surface area (Å²) >= 11 is 0. The fourth-order valence-electron chi connectivity index (χ4n) is 1.10. The number of nitrogens with two attached hydrogens (primary N) is 1. The van der Waals surface area contributed by atoms with E-state index < -0.39 is 17.9 Å². The molecule has 0 radical (unpaired) electrons. The quantitative estimate of drug-likeness (QED) is 0.678. The minimum absolute atomic E-state index is 0.116. The number of aromatic carboxylic acids is 1. The second-order valence-corrected chi connectivity index (χ2v) is 3.12. The molecule has 0 aliphatic rings. The summed E-state index contributed by atoms with van der Waals surface area (Å²) in [6, 6.07) is 5.73. The molecule has 1 aromatic rings. The van der Waals surface area contributed by atoms with E-state index in [1.807, 2.05) is 0 Å². The predicted molar refractivity (Wildman–Crippen MR) is 55.7 cm³/mol. The molecule has 0 saturated carbocycles. The van der Waals surface area contributed by atoms with Crippen molar-refractivity contribution in [2.75, 3.05) is 5.32 Å². The molecule has 1 aromatic carbocycles. The topological polar surface area (TPSA) is 92.4 Å². The molecule has 0 fully saturated rings. The first-order chi connectivity index (χ1) is 7.02. The van der Waals surface area contributed by atoms with Crippen molar-refractivity contribution in [1.29, 1.82) is 0 Å². The number of carbonyl (C=O) groups excluding carboxylic acids is 1.